The van der Waals surface area contributed by atoms with Gasteiger partial charge in [-0.15, -0.1) is 0 Å². The molecule has 1 aromatic carbocycles. The van der Waals surface area contributed by atoms with Gasteiger partial charge in [-0.3, -0.25) is 9.20 Å². The van der Waals surface area contributed by atoms with E-state index in [1.807, 2.05) is 6.07 Å². The van der Waals surface area contributed by atoms with Gasteiger partial charge in [-0.05, 0) is 32.1 Å². The second-order valence-corrected chi connectivity index (χ2v) is 7.87. The highest BCUT2D eigenvalue weighted by molar-refractivity contribution is 6.07. The SMILES string of the molecule is CNC(=O)c1cc2c(N3CCCN(C)CC3)ccnc2n2c1nc1cc(F)c(F)cc12. The summed E-state index contributed by atoms with van der Waals surface area (Å²) in [5.41, 5.74) is 2.77. The summed E-state index contributed by atoms with van der Waals surface area (Å²) in [6, 6.07) is 5.87. The molecule has 1 amide bonds. The van der Waals surface area contributed by atoms with Crippen LogP contribution in [0.2, 0.25) is 0 Å². The fourth-order valence-electron chi connectivity index (χ4n) is 4.31. The number of imidazole rings is 1. The van der Waals surface area contributed by atoms with E-state index < -0.39 is 11.6 Å². The third-order valence-corrected chi connectivity index (χ3v) is 5.92. The van der Waals surface area contributed by atoms with Crippen LogP contribution in [-0.4, -0.2) is 65.5 Å². The number of aromatic nitrogens is 3. The fraction of sp³-hybridized carbons (Fsp3) is 0.318. The summed E-state index contributed by atoms with van der Waals surface area (Å²) in [7, 11) is 3.65. The Hall–Kier alpha value is -3.33. The Bertz CT molecular complexity index is 1330. The summed E-state index contributed by atoms with van der Waals surface area (Å²) in [6.07, 6.45) is 2.72. The van der Waals surface area contributed by atoms with Crippen LogP contribution in [0.1, 0.15) is 16.8 Å². The van der Waals surface area contributed by atoms with Crippen molar-refractivity contribution in [2.24, 2.45) is 0 Å². The molecule has 0 atom stereocenters. The van der Waals surface area contributed by atoms with Crippen molar-refractivity contribution in [1.29, 1.82) is 0 Å². The minimum Gasteiger partial charge on any atom is -0.370 e. The lowest BCUT2D eigenvalue weighted by molar-refractivity contribution is 0.0964. The normalized spacial score (nSPS) is 15.7. The Morgan fingerprint density at radius 2 is 1.87 bits per heavy atom. The summed E-state index contributed by atoms with van der Waals surface area (Å²) in [4.78, 5) is 26.3. The third kappa shape index (κ3) is 3.16. The first-order chi connectivity index (χ1) is 15.0. The first-order valence-corrected chi connectivity index (χ1v) is 10.2. The van der Waals surface area contributed by atoms with Crippen LogP contribution in [0.25, 0.3) is 27.7 Å². The maximum Gasteiger partial charge on any atom is 0.254 e. The molecule has 3 aromatic heterocycles. The molecule has 0 saturated carbocycles. The zero-order chi connectivity index (χ0) is 21.7. The molecule has 9 heteroatoms. The predicted molar refractivity (Wildman–Crippen MR) is 116 cm³/mol. The van der Waals surface area contributed by atoms with Gasteiger partial charge in [0, 0.05) is 56.1 Å². The van der Waals surface area contributed by atoms with Gasteiger partial charge in [-0.1, -0.05) is 0 Å². The van der Waals surface area contributed by atoms with E-state index in [9.17, 15) is 13.6 Å². The Morgan fingerprint density at radius 3 is 2.68 bits per heavy atom. The van der Waals surface area contributed by atoms with Crippen LogP contribution < -0.4 is 10.2 Å². The molecule has 0 spiro atoms. The molecular weight excluding hydrogens is 402 g/mol. The largest absolute Gasteiger partial charge is 0.370 e. The lowest BCUT2D eigenvalue weighted by atomic mass is 10.1. The monoisotopic (exact) mass is 424 g/mol. The number of hydrogen-bond donors (Lipinski definition) is 1. The molecule has 0 aliphatic carbocycles. The Labute approximate surface area is 177 Å². The summed E-state index contributed by atoms with van der Waals surface area (Å²) < 4.78 is 29.6. The van der Waals surface area contributed by atoms with Gasteiger partial charge in [0.05, 0.1) is 16.6 Å². The van der Waals surface area contributed by atoms with Crippen LogP contribution in [0.5, 0.6) is 0 Å². The smallest absolute Gasteiger partial charge is 0.254 e. The van der Waals surface area contributed by atoms with Gasteiger partial charge in [-0.2, -0.15) is 0 Å². The molecule has 7 nitrogen and oxygen atoms in total. The molecular formula is C22H22F2N6O. The lowest BCUT2D eigenvalue weighted by Gasteiger charge is -2.24. The second-order valence-electron chi connectivity index (χ2n) is 7.87. The van der Waals surface area contributed by atoms with Crippen LogP contribution in [0.15, 0.2) is 30.5 Å². The molecule has 4 aromatic rings. The van der Waals surface area contributed by atoms with Gasteiger partial charge in [-0.25, -0.2) is 18.7 Å². The number of fused-ring (bicyclic) bond motifs is 5. The lowest BCUT2D eigenvalue weighted by Crippen LogP contribution is -2.29. The molecule has 0 bridgehead atoms. The van der Waals surface area contributed by atoms with Crippen molar-refractivity contribution in [1.82, 2.24) is 24.6 Å². The van der Waals surface area contributed by atoms with Crippen molar-refractivity contribution >= 4 is 39.3 Å². The highest BCUT2D eigenvalue weighted by atomic mass is 19.2. The first kappa shape index (κ1) is 19.6. The van der Waals surface area contributed by atoms with Crippen molar-refractivity contribution in [3.63, 3.8) is 0 Å². The number of nitrogens with zero attached hydrogens (tertiary/aromatic N) is 5. The standard InChI is InChI=1S/C22H22F2N6O/c1-25-22(31)14-10-13-18(29-7-3-6-28(2)8-9-29)4-5-26-20(13)30-19-12-16(24)15(23)11-17(19)27-21(14)30/h4-5,10-12H,3,6-9H2,1-2H3,(H,25,31). The molecule has 4 heterocycles. The van der Waals surface area contributed by atoms with Crippen molar-refractivity contribution < 1.29 is 13.6 Å². The maximum absolute atomic E-state index is 14.1. The Balaban J connectivity index is 1.85. The van der Waals surface area contributed by atoms with Crippen LogP contribution in [-0.2, 0) is 0 Å². The van der Waals surface area contributed by atoms with E-state index in [1.54, 1.807) is 23.7 Å². The number of rotatable bonds is 2. The number of hydrogen-bond acceptors (Lipinski definition) is 5. The van der Waals surface area contributed by atoms with Gasteiger partial charge < -0.3 is 15.1 Å². The highest BCUT2D eigenvalue weighted by Crippen LogP contribution is 2.32. The number of nitrogens with one attached hydrogen (secondary N) is 1. The number of carbonyl (C=O) groups excluding carboxylic acids is 1. The summed E-state index contributed by atoms with van der Waals surface area (Å²) in [5.74, 6) is -2.28. The van der Waals surface area contributed by atoms with E-state index in [4.69, 9.17) is 0 Å². The molecule has 1 N–H and O–H groups in total. The van der Waals surface area contributed by atoms with Crippen LogP contribution >= 0.6 is 0 Å². The number of pyridine rings is 2. The average Bonchev–Trinajstić information content (AvgIpc) is 2.98. The number of carbonyl (C=O) groups is 1. The number of benzene rings is 1. The molecule has 1 aliphatic rings. The summed E-state index contributed by atoms with van der Waals surface area (Å²) >= 11 is 0. The minimum absolute atomic E-state index is 0.264. The highest BCUT2D eigenvalue weighted by Gasteiger charge is 2.22. The molecule has 160 valence electrons. The molecule has 1 saturated heterocycles. The molecule has 0 unspecified atom stereocenters. The number of anilines is 1. The van der Waals surface area contributed by atoms with Gasteiger partial charge in [0.1, 0.15) is 5.65 Å². The second kappa shape index (κ2) is 7.42. The quantitative estimate of drug-likeness (QED) is 0.536. The molecule has 5 rings (SSSR count). The fourth-order valence-corrected chi connectivity index (χ4v) is 4.31. The van der Waals surface area contributed by atoms with Crippen LogP contribution in [0, 0.1) is 11.6 Å². The first-order valence-electron chi connectivity index (χ1n) is 10.2. The van der Waals surface area contributed by atoms with Crippen LogP contribution in [0.3, 0.4) is 0 Å². The summed E-state index contributed by atoms with van der Waals surface area (Å²) in [6.45, 7) is 3.66. The van der Waals surface area contributed by atoms with Gasteiger partial charge in [0.2, 0.25) is 0 Å². The number of amides is 1. The third-order valence-electron chi connectivity index (χ3n) is 5.92. The van der Waals surface area contributed by atoms with Crippen molar-refractivity contribution in [2.75, 3.05) is 45.2 Å². The topological polar surface area (TPSA) is 65.8 Å². The van der Waals surface area contributed by atoms with Gasteiger partial charge >= 0.3 is 0 Å². The molecule has 1 fully saturated rings. The minimum atomic E-state index is -0.982. The van der Waals surface area contributed by atoms with Gasteiger partial charge in [0.15, 0.2) is 17.3 Å². The Kier molecular flexibility index (Phi) is 4.70. The molecule has 1 aliphatic heterocycles. The van der Waals surface area contributed by atoms with E-state index in [2.05, 4.69) is 32.1 Å². The van der Waals surface area contributed by atoms with Gasteiger partial charge in [0.25, 0.3) is 5.91 Å². The van der Waals surface area contributed by atoms with E-state index in [0.29, 0.717) is 22.4 Å². The van der Waals surface area contributed by atoms with Crippen molar-refractivity contribution in [3.8, 4) is 0 Å². The zero-order valence-electron chi connectivity index (χ0n) is 17.3. The van der Waals surface area contributed by atoms with E-state index in [-0.39, 0.29) is 11.4 Å². The number of likely N-dealkylation sites (N-methyl/N-ethyl adjacent to an activating group) is 1. The van der Waals surface area contributed by atoms with E-state index in [0.717, 1.165) is 55.8 Å². The van der Waals surface area contributed by atoms with E-state index in [1.165, 1.54) is 0 Å². The maximum atomic E-state index is 14.1. The number of halogens is 2. The van der Waals surface area contributed by atoms with Crippen LogP contribution in [0.4, 0.5) is 14.5 Å². The molecule has 31 heavy (non-hydrogen) atoms. The predicted octanol–water partition coefficient (Wildman–Crippen LogP) is 2.82. The average molecular weight is 424 g/mol. The molecule has 0 radical (unpaired) electrons. The Morgan fingerprint density at radius 1 is 1.06 bits per heavy atom. The van der Waals surface area contributed by atoms with Crippen molar-refractivity contribution in [2.45, 2.75) is 6.42 Å². The summed E-state index contributed by atoms with van der Waals surface area (Å²) in [5, 5.41) is 3.40. The van der Waals surface area contributed by atoms with Crippen molar-refractivity contribution in [3.05, 3.63) is 47.7 Å². The zero-order valence-corrected chi connectivity index (χ0v) is 17.3. The van der Waals surface area contributed by atoms with E-state index >= 15 is 0 Å².